The number of carboxylic acid groups (broad SMARTS) is 1. The van der Waals surface area contributed by atoms with Crippen LogP contribution in [0.2, 0.25) is 0 Å². The van der Waals surface area contributed by atoms with Crippen LogP contribution in [0.3, 0.4) is 0 Å². The summed E-state index contributed by atoms with van der Waals surface area (Å²) in [5, 5.41) is 14.1. The Balaban J connectivity index is 1.74. The van der Waals surface area contributed by atoms with Gasteiger partial charge in [-0.25, -0.2) is 23.9 Å². The van der Waals surface area contributed by atoms with Crippen molar-refractivity contribution < 1.29 is 43.3 Å². The summed E-state index contributed by atoms with van der Waals surface area (Å²) in [6.07, 6.45) is -0.214. The summed E-state index contributed by atoms with van der Waals surface area (Å²) in [5.41, 5.74) is 1.63. The molecule has 13 heteroatoms. The number of amides is 2. The first-order valence-electron chi connectivity index (χ1n) is 12.1. The highest BCUT2D eigenvalue weighted by molar-refractivity contribution is 5.91. The number of esters is 1. The molecule has 40 heavy (non-hydrogen) atoms. The molecule has 3 rings (SSSR count). The number of rotatable bonds is 12. The SMILES string of the molecule is COC(=O)C[C@H](NC(=O)[C@H](Cc1cncn1C(=O)OCc1ccccc1)NC(=O)OCc1ccccc1)C(=O)O. The molecule has 0 radical (unpaired) electrons. The van der Waals surface area contributed by atoms with Gasteiger partial charge >= 0.3 is 24.1 Å². The van der Waals surface area contributed by atoms with E-state index in [0.29, 0.717) is 5.56 Å². The van der Waals surface area contributed by atoms with E-state index in [1.165, 1.54) is 12.5 Å². The molecule has 1 aromatic heterocycles. The number of ether oxygens (including phenoxy) is 3. The average Bonchev–Trinajstić information content (AvgIpc) is 3.43. The van der Waals surface area contributed by atoms with Crippen molar-refractivity contribution in [2.24, 2.45) is 0 Å². The number of hydrogen-bond acceptors (Lipinski definition) is 9. The van der Waals surface area contributed by atoms with E-state index < -0.39 is 48.5 Å². The number of aliphatic carboxylic acids is 1. The van der Waals surface area contributed by atoms with Gasteiger partial charge in [0.05, 0.1) is 19.2 Å². The highest BCUT2D eigenvalue weighted by Gasteiger charge is 2.30. The van der Waals surface area contributed by atoms with E-state index in [2.05, 4.69) is 20.4 Å². The Labute approximate surface area is 229 Å². The number of nitrogens with one attached hydrogen (secondary N) is 2. The molecular formula is C27H28N4O9. The molecule has 0 aliphatic heterocycles. The predicted molar refractivity (Wildman–Crippen MR) is 138 cm³/mol. The van der Waals surface area contributed by atoms with E-state index in [0.717, 1.165) is 17.2 Å². The lowest BCUT2D eigenvalue weighted by atomic mass is 10.1. The second kappa shape index (κ2) is 14.7. The zero-order chi connectivity index (χ0) is 28.9. The molecular weight excluding hydrogens is 524 g/mol. The quantitative estimate of drug-likeness (QED) is 0.223. The van der Waals surface area contributed by atoms with Gasteiger partial charge in [-0.3, -0.25) is 9.59 Å². The molecule has 0 aliphatic carbocycles. The van der Waals surface area contributed by atoms with Gasteiger partial charge in [0.2, 0.25) is 5.91 Å². The van der Waals surface area contributed by atoms with Gasteiger partial charge in [0.1, 0.15) is 31.6 Å². The Kier molecular flexibility index (Phi) is 10.8. The minimum atomic E-state index is -1.63. The molecule has 0 saturated carbocycles. The fraction of sp³-hybridized carbons (Fsp3) is 0.259. The van der Waals surface area contributed by atoms with Crippen LogP contribution in [0.25, 0.3) is 0 Å². The first-order chi connectivity index (χ1) is 19.3. The van der Waals surface area contributed by atoms with Gasteiger partial charge in [0.25, 0.3) is 0 Å². The van der Waals surface area contributed by atoms with Crippen molar-refractivity contribution in [2.45, 2.75) is 38.1 Å². The second-order valence-corrected chi connectivity index (χ2v) is 8.44. The maximum absolute atomic E-state index is 13.1. The summed E-state index contributed by atoms with van der Waals surface area (Å²) in [5.74, 6) is -3.30. The van der Waals surface area contributed by atoms with E-state index >= 15 is 0 Å². The maximum atomic E-state index is 13.1. The Hall–Kier alpha value is -5.20. The Bertz CT molecular complexity index is 1310. The van der Waals surface area contributed by atoms with E-state index in [1.54, 1.807) is 54.6 Å². The lowest BCUT2D eigenvalue weighted by Gasteiger charge is -2.21. The van der Waals surface area contributed by atoms with E-state index in [4.69, 9.17) is 9.47 Å². The van der Waals surface area contributed by atoms with Gasteiger partial charge in [-0.05, 0) is 11.1 Å². The number of hydrogen-bond donors (Lipinski definition) is 3. The van der Waals surface area contributed by atoms with Crippen LogP contribution in [0, 0.1) is 0 Å². The lowest BCUT2D eigenvalue weighted by molar-refractivity contribution is -0.148. The average molecular weight is 553 g/mol. The van der Waals surface area contributed by atoms with Crippen LogP contribution in [0.5, 0.6) is 0 Å². The smallest absolute Gasteiger partial charge is 0.419 e. The van der Waals surface area contributed by atoms with Crippen LogP contribution in [0.1, 0.15) is 23.2 Å². The van der Waals surface area contributed by atoms with E-state index in [9.17, 15) is 29.1 Å². The van der Waals surface area contributed by atoms with Crippen LogP contribution < -0.4 is 10.6 Å². The molecule has 2 amide bonds. The van der Waals surface area contributed by atoms with Crippen LogP contribution in [0.15, 0.2) is 73.2 Å². The van der Waals surface area contributed by atoms with Crippen molar-refractivity contribution >= 4 is 30.0 Å². The largest absolute Gasteiger partial charge is 0.480 e. The molecule has 1 heterocycles. The zero-order valence-electron chi connectivity index (χ0n) is 21.5. The van der Waals surface area contributed by atoms with Gasteiger partial charge in [0, 0.05) is 12.6 Å². The standard InChI is InChI=1S/C27H28N4O9/c1-38-23(32)13-22(25(34)35)29-24(33)21(30-26(36)39-15-18-8-4-2-5-9-18)12-20-14-28-17-31(20)27(37)40-16-19-10-6-3-7-11-19/h2-11,14,17,21-22H,12-13,15-16H2,1H3,(H,29,33)(H,30,36)(H,34,35)/t21-,22-/m0/s1. The van der Waals surface area contributed by atoms with Gasteiger partial charge in [0.15, 0.2) is 0 Å². The first-order valence-corrected chi connectivity index (χ1v) is 12.1. The Morgan fingerprint density at radius 1 is 0.875 bits per heavy atom. The van der Waals surface area contributed by atoms with Gasteiger partial charge in [-0.2, -0.15) is 0 Å². The summed E-state index contributed by atoms with van der Waals surface area (Å²) < 4.78 is 16.1. The highest BCUT2D eigenvalue weighted by atomic mass is 16.6. The third kappa shape index (κ3) is 8.97. The normalized spacial score (nSPS) is 11.9. The van der Waals surface area contributed by atoms with E-state index in [1.807, 2.05) is 6.07 Å². The van der Waals surface area contributed by atoms with E-state index in [-0.39, 0.29) is 25.3 Å². The van der Waals surface area contributed by atoms with Crippen molar-refractivity contribution in [2.75, 3.05) is 7.11 Å². The lowest BCUT2D eigenvalue weighted by Crippen LogP contribution is -2.53. The number of carbonyl (C=O) groups excluding carboxylic acids is 4. The molecule has 3 aromatic rings. The van der Waals surface area contributed by atoms with Gasteiger partial charge < -0.3 is 30.0 Å². The number of carbonyl (C=O) groups is 5. The molecule has 0 spiro atoms. The Morgan fingerprint density at radius 3 is 2.05 bits per heavy atom. The number of imidazole rings is 1. The molecule has 0 bridgehead atoms. The number of alkyl carbamates (subject to hydrolysis) is 1. The second-order valence-electron chi connectivity index (χ2n) is 8.44. The molecule has 210 valence electrons. The number of methoxy groups -OCH3 is 1. The number of aromatic nitrogens is 2. The maximum Gasteiger partial charge on any atom is 0.419 e. The van der Waals surface area contributed by atoms with Gasteiger partial charge in [-0.1, -0.05) is 60.7 Å². The molecule has 0 saturated heterocycles. The van der Waals surface area contributed by atoms with Crippen LogP contribution in [-0.2, 0) is 48.2 Å². The minimum absolute atomic E-state index is 0.0148. The summed E-state index contributed by atoms with van der Waals surface area (Å²) >= 11 is 0. The Morgan fingerprint density at radius 2 is 1.48 bits per heavy atom. The number of benzene rings is 2. The number of carboxylic acids is 1. The number of nitrogens with zero attached hydrogens (tertiary/aromatic N) is 2. The molecule has 3 N–H and O–H groups in total. The molecule has 0 unspecified atom stereocenters. The molecule has 2 atom stereocenters. The molecule has 0 fully saturated rings. The molecule has 0 aliphatic rings. The summed E-state index contributed by atoms with van der Waals surface area (Å²) in [7, 11) is 1.08. The van der Waals surface area contributed by atoms with Crippen molar-refractivity contribution in [1.29, 1.82) is 0 Å². The summed E-state index contributed by atoms with van der Waals surface area (Å²) in [6, 6.07) is 14.7. The van der Waals surface area contributed by atoms with Gasteiger partial charge in [-0.15, -0.1) is 0 Å². The van der Waals surface area contributed by atoms with Crippen molar-refractivity contribution in [3.63, 3.8) is 0 Å². The van der Waals surface area contributed by atoms with Crippen LogP contribution in [0.4, 0.5) is 9.59 Å². The van der Waals surface area contributed by atoms with Crippen molar-refractivity contribution in [1.82, 2.24) is 20.2 Å². The monoisotopic (exact) mass is 552 g/mol. The fourth-order valence-electron chi connectivity index (χ4n) is 3.47. The van der Waals surface area contributed by atoms with Crippen LogP contribution >= 0.6 is 0 Å². The fourth-order valence-corrected chi connectivity index (χ4v) is 3.47. The molecule has 13 nitrogen and oxygen atoms in total. The van der Waals surface area contributed by atoms with Crippen LogP contribution in [-0.4, -0.2) is 63.9 Å². The van der Waals surface area contributed by atoms with Crippen molar-refractivity contribution in [3.05, 3.63) is 90.0 Å². The molecule has 2 aromatic carbocycles. The summed E-state index contributed by atoms with van der Waals surface area (Å²) in [6.45, 7) is -0.107. The minimum Gasteiger partial charge on any atom is -0.480 e. The highest BCUT2D eigenvalue weighted by Crippen LogP contribution is 2.09. The third-order valence-electron chi connectivity index (χ3n) is 5.56. The summed E-state index contributed by atoms with van der Waals surface area (Å²) in [4.78, 5) is 65.6. The predicted octanol–water partition coefficient (Wildman–Crippen LogP) is 2.04. The first kappa shape index (κ1) is 29.4. The third-order valence-corrected chi connectivity index (χ3v) is 5.56. The zero-order valence-corrected chi connectivity index (χ0v) is 21.5. The van der Waals surface area contributed by atoms with Crippen molar-refractivity contribution in [3.8, 4) is 0 Å². The topological polar surface area (TPSA) is 175 Å².